The Bertz CT molecular complexity index is 1060. The van der Waals surface area contributed by atoms with Gasteiger partial charge in [-0.05, 0) is 49.4 Å². The van der Waals surface area contributed by atoms with Crippen molar-refractivity contribution in [3.8, 4) is 0 Å². The third kappa shape index (κ3) is 3.74. The second-order valence-electron chi connectivity index (χ2n) is 5.75. The Balaban J connectivity index is 2.10. The predicted molar refractivity (Wildman–Crippen MR) is 109 cm³/mol. The number of fused-ring (bicyclic) bond motifs is 1. The van der Waals surface area contributed by atoms with Crippen molar-refractivity contribution in [1.82, 2.24) is 4.57 Å². The fraction of sp³-hybridized carbons (Fsp3) is 0.294. The van der Waals surface area contributed by atoms with E-state index in [2.05, 4.69) is 35.5 Å². The van der Waals surface area contributed by atoms with Gasteiger partial charge in [-0.2, -0.15) is 16.8 Å². The number of thiophene rings is 1. The summed E-state index contributed by atoms with van der Waals surface area (Å²) >= 11 is 4.05. The van der Waals surface area contributed by atoms with Gasteiger partial charge in [0.25, 0.3) is 5.91 Å². The zero-order valence-electron chi connectivity index (χ0n) is 14.5. The molecule has 0 radical (unpaired) electrons. The first-order chi connectivity index (χ1) is 12.4. The summed E-state index contributed by atoms with van der Waals surface area (Å²) in [7, 11) is 0. The van der Waals surface area contributed by atoms with Gasteiger partial charge >= 0.3 is 5.00 Å². The molecule has 9 heteroatoms. The van der Waals surface area contributed by atoms with Gasteiger partial charge in [0, 0.05) is 18.4 Å². The molecule has 0 saturated carbocycles. The summed E-state index contributed by atoms with van der Waals surface area (Å²) in [6, 6.07) is 7.04. The van der Waals surface area contributed by atoms with Gasteiger partial charge in [0.15, 0.2) is 4.80 Å². The number of rotatable bonds is 5. The number of aryl methyl sites for hydroxylation is 3. The number of hydrogen-bond donors (Lipinski definition) is 0. The van der Waals surface area contributed by atoms with Crippen LogP contribution in [0.25, 0.3) is 10.2 Å². The summed E-state index contributed by atoms with van der Waals surface area (Å²) in [6.45, 7) is 4.88. The highest BCUT2D eigenvalue weighted by atomic mass is 32.2. The SMILES string of the molecule is CSCCn1c(=NC(=O)c2ccc([N+](=O)[O-])s2)sc2cc(C)c(C)cc21. The van der Waals surface area contributed by atoms with Gasteiger partial charge in [-0.3, -0.25) is 14.9 Å². The van der Waals surface area contributed by atoms with Crippen LogP contribution in [-0.2, 0) is 6.54 Å². The van der Waals surface area contributed by atoms with Crippen LogP contribution in [-0.4, -0.2) is 27.4 Å². The fourth-order valence-corrected chi connectivity index (χ4v) is 4.69. The Morgan fingerprint density at radius 1 is 1.27 bits per heavy atom. The minimum atomic E-state index is -0.495. The Morgan fingerprint density at radius 3 is 2.65 bits per heavy atom. The van der Waals surface area contributed by atoms with Gasteiger partial charge in [-0.1, -0.05) is 22.7 Å². The van der Waals surface area contributed by atoms with Crippen LogP contribution in [0.3, 0.4) is 0 Å². The monoisotopic (exact) mass is 407 g/mol. The summed E-state index contributed by atoms with van der Waals surface area (Å²) in [4.78, 5) is 28.0. The van der Waals surface area contributed by atoms with Crippen LogP contribution < -0.4 is 4.80 Å². The Kier molecular flexibility index (Phi) is 5.59. The van der Waals surface area contributed by atoms with Crippen LogP contribution in [0.4, 0.5) is 5.00 Å². The molecule has 136 valence electrons. The average Bonchev–Trinajstić information content (AvgIpc) is 3.19. The molecule has 0 aliphatic rings. The number of thiazole rings is 1. The molecule has 3 rings (SSSR count). The minimum Gasteiger partial charge on any atom is -0.315 e. The lowest BCUT2D eigenvalue weighted by molar-refractivity contribution is -0.380. The molecule has 0 N–H and O–H groups in total. The molecule has 0 aliphatic carbocycles. The third-order valence-electron chi connectivity index (χ3n) is 4.00. The normalized spacial score (nSPS) is 12.0. The first-order valence-corrected chi connectivity index (χ1v) is 10.9. The fourth-order valence-electron chi connectivity index (χ4n) is 2.49. The Hall–Kier alpha value is -1.97. The van der Waals surface area contributed by atoms with E-state index in [4.69, 9.17) is 0 Å². The van der Waals surface area contributed by atoms with Crippen molar-refractivity contribution < 1.29 is 9.72 Å². The van der Waals surface area contributed by atoms with Crippen molar-refractivity contribution in [2.75, 3.05) is 12.0 Å². The maximum Gasteiger partial charge on any atom is 0.324 e. The van der Waals surface area contributed by atoms with E-state index in [9.17, 15) is 14.9 Å². The van der Waals surface area contributed by atoms with Gasteiger partial charge in [0.05, 0.1) is 15.1 Å². The Labute approximate surface area is 162 Å². The van der Waals surface area contributed by atoms with Gasteiger partial charge in [0.1, 0.15) is 4.88 Å². The van der Waals surface area contributed by atoms with Crippen LogP contribution in [0.15, 0.2) is 29.3 Å². The lowest BCUT2D eigenvalue weighted by Gasteiger charge is -2.05. The van der Waals surface area contributed by atoms with Crippen molar-refractivity contribution >= 4 is 55.6 Å². The number of nitrogens with zero attached hydrogens (tertiary/aromatic N) is 3. The number of carbonyl (C=O) groups excluding carboxylic acids is 1. The van der Waals surface area contributed by atoms with E-state index in [-0.39, 0.29) is 9.88 Å². The van der Waals surface area contributed by atoms with Gasteiger partial charge in [-0.25, -0.2) is 0 Å². The molecule has 26 heavy (non-hydrogen) atoms. The van der Waals surface area contributed by atoms with Crippen molar-refractivity contribution in [3.63, 3.8) is 0 Å². The molecule has 0 unspecified atom stereocenters. The van der Waals surface area contributed by atoms with Crippen LogP contribution in [0.1, 0.15) is 20.8 Å². The largest absolute Gasteiger partial charge is 0.324 e. The third-order valence-corrected chi connectivity index (χ3v) is 6.65. The number of thioether (sulfide) groups is 1. The van der Waals surface area contributed by atoms with Crippen LogP contribution in [0, 0.1) is 24.0 Å². The Morgan fingerprint density at radius 2 is 2.00 bits per heavy atom. The number of amides is 1. The quantitative estimate of drug-likeness (QED) is 0.464. The molecule has 6 nitrogen and oxygen atoms in total. The van der Waals surface area contributed by atoms with Crippen molar-refractivity contribution in [1.29, 1.82) is 0 Å². The summed E-state index contributed by atoms with van der Waals surface area (Å²) in [6.07, 6.45) is 2.04. The first-order valence-electron chi connectivity index (χ1n) is 7.83. The zero-order valence-corrected chi connectivity index (χ0v) is 17.0. The summed E-state index contributed by atoms with van der Waals surface area (Å²) < 4.78 is 3.14. The molecule has 2 heterocycles. The van der Waals surface area contributed by atoms with Crippen LogP contribution in [0.2, 0.25) is 0 Å². The minimum absolute atomic E-state index is 0.0543. The van der Waals surface area contributed by atoms with E-state index in [0.717, 1.165) is 33.9 Å². The molecular weight excluding hydrogens is 390 g/mol. The number of hydrogen-bond acceptors (Lipinski definition) is 6. The molecule has 0 spiro atoms. The molecule has 0 atom stereocenters. The number of nitro groups is 1. The van der Waals surface area contributed by atoms with E-state index in [1.54, 1.807) is 11.8 Å². The zero-order chi connectivity index (χ0) is 18.8. The molecule has 2 aromatic heterocycles. The summed E-state index contributed by atoms with van der Waals surface area (Å²) in [5, 5.41) is 10.8. The molecule has 1 aromatic carbocycles. The van der Waals surface area contributed by atoms with E-state index in [1.807, 2.05) is 6.26 Å². The topological polar surface area (TPSA) is 77.5 Å². The van der Waals surface area contributed by atoms with Crippen LogP contribution in [0.5, 0.6) is 0 Å². The standard InChI is InChI=1S/C17H17N3O3S3/c1-10-8-12-14(9-11(10)2)26-17(19(12)6-7-24-3)18-16(21)13-4-5-15(25-13)20(22)23/h4-5,8-9H,6-7H2,1-3H3. The second kappa shape index (κ2) is 7.73. The molecule has 0 saturated heterocycles. The van der Waals surface area contributed by atoms with Crippen molar-refractivity contribution in [3.05, 3.63) is 55.2 Å². The molecule has 3 aromatic rings. The van der Waals surface area contributed by atoms with E-state index >= 15 is 0 Å². The van der Waals surface area contributed by atoms with E-state index in [0.29, 0.717) is 4.80 Å². The smallest absolute Gasteiger partial charge is 0.315 e. The molecular formula is C17H17N3O3S3. The predicted octanol–water partition coefficient (Wildman–Crippen LogP) is 4.39. The maximum atomic E-state index is 12.5. The first kappa shape index (κ1) is 18.8. The van der Waals surface area contributed by atoms with Gasteiger partial charge in [-0.15, -0.1) is 0 Å². The molecule has 0 fully saturated rings. The van der Waals surface area contributed by atoms with Gasteiger partial charge < -0.3 is 4.57 Å². The van der Waals surface area contributed by atoms with Crippen molar-refractivity contribution in [2.24, 2.45) is 4.99 Å². The highest BCUT2D eigenvalue weighted by molar-refractivity contribution is 7.98. The highest BCUT2D eigenvalue weighted by Gasteiger charge is 2.16. The number of benzene rings is 1. The number of aromatic nitrogens is 1. The number of carbonyl (C=O) groups is 1. The summed E-state index contributed by atoms with van der Waals surface area (Å²) in [5.41, 5.74) is 3.46. The average molecular weight is 408 g/mol. The second-order valence-corrected chi connectivity index (χ2v) is 8.80. The van der Waals surface area contributed by atoms with E-state index < -0.39 is 10.8 Å². The van der Waals surface area contributed by atoms with E-state index in [1.165, 1.54) is 34.6 Å². The lowest BCUT2D eigenvalue weighted by atomic mass is 10.1. The lowest BCUT2D eigenvalue weighted by Crippen LogP contribution is -2.18. The van der Waals surface area contributed by atoms with Crippen molar-refractivity contribution in [2.45, 2.75) is 20.4 Å². The molecule has 0 aliphatic heterocycles. The van der Waals surface area contributed by atoms with Gasteiger partial charge in [0.2, 0.25) is 0 Å². The van der Waals surface area contributed by atoms with Crippen LogP contribution >= 0.6 is 34.4 Å². The summed E-state index contributed by atoms with van der Waals surface area (Å²) in [5.74, 6) is 0.464. The molecule has 0 bridgehead atoms. The highest BCUT2D eigenvalue weighted by Crippen LogP contribution is 2.25. The molecule has 1 amide bonds. The maximum absolute atomic E-state index is 12.5.